The van der Waals surface area contributed by atoms with Gasteiger partial charge < -0.3 is 19.5 Å². The van der Waals surface area contributed by atoms with Crippen LogP contribution in [-0.2, 0) is 11.3 Å². The van der Waals surface area contributed by atoms with Gasteiger partial charge in [-0.25, -0.2) is 9.07 Å². The summed E-state index contributed by atoms with van der Waals surface area (Å²) in [6, 6.07) is 20.2. The Morgan fingerprint density at radius 2 is 1.90 bits per heavy atom. The van der Waals surface area contributed by atoms with E-state index in [0.717, 1.165) is 12.5 Å². The summed E-state index contributed by atoms with van der Waals surface area (Å²) in [5.74, 6) is -0.277. The van der Waals surface area contributed by atoms with Crippen LogP contribution in [0.2, 0.25) is 0 Å². The number of anilines is 1. The van der Waals surface area contributed by atoms with Gasteiger partial charge in [0.05, 0.1) is 36.7 Å². The molecular formula is C31H27FN4O5. The molecule has 2 aromatic heterocycles. The van der Waals surface area contributed by atoms with Crippen molar-refractivity contribution in [3.8, 4) is 22.9 Å². The predicted molar refractivity (Wildman–Crippen MR) is 152 cm³/mol. The highest BCUT2D eigenvalue weighted by atomic mass is 19.1. The SMILES string of the molecule is COc1ccc2c(Oc3ccc(NC(=O)c4c(C)n(CC5CCO5)n(-c5ccccc5)c4=O)cc3F)ccnc2c1. The van der Waals surface area contributed by atoms with Crippen LogP contribution in [0.4, 0.5) is 10.1 Å². The Hall–Kier alpha value is -4.96. The maximum absolute atomic E-state index is 15.1. The first-order chi connectivity index (χ1) is 19.9. The first kappa shape index (κ1) is 26.3. The van der Waals surface area contributed by atoms with Crippen LogP contribution in [0.15, 0.2) is 83.8 Å². The molecule has 208 valence electrons. The number of fused-ring (bicyclic) bond motifs is 1. The van der Waals surface area contributed by atoms with E-state index in [9.17, 15) is 9.59 Å². The number of methoxy groups -OCH3 is 1. The van der Waals surface area contributed by atoms with Crippen LogP contribution in [0.3, 0.4) is 0 Å². The topological polar surface area (TPSA) is 96.6 Å². The van der Waals surface area contributed by atoms with Crippen LogP contribution in [0.25, 0.3) is 16.6 Å². The minimum absolute atomic E-state index is 0.0207. The quantitative estimate of drug-likeness (QED) is 0.273. The third kappa shape index (κ3) is 5.05. The van der Waals surface area contributed by atoms with E-state index in [1.54, 1.807) is 61.3 Å². The molecule has 1 aliphatic heterocycles. The summed E-state index contributed by atoms with van der Waals surface area (Å²) in [7, 11) is 1.57. The first-order valence-corrected chi connectivity index (χ1v) is 13.1. The van der Waals surface area contributed by atoms with Crippen LogP contribution in [0.5, 0.6) is 17.2 Å². The number of amides is 1. The van der Waals surface area contributed by atoms with Gasteiger partial charge in [-0.15, -0.1) is 0 Å². The van der Waals surface area contributed by atoms with Crippen LogP contribution >= 0.6 is 0 Å². The minimum atomic E-state index is -0.681. The molecule has 6 rings (SSSR count). The molecule has 3 aromatic carbocycles. The Balaban J connectivity index is 1.27. The molecule has 1 saturated heterocycles. The number of carbonyl (C=O) groups excluding carboxylic acids is 1. The Morgan fingerprint density at radius 3 is 2.61 bits per heavy atom. The van der Waals surface area contributed by atoms with Crippen molar-refractivity contribution in [3.05, 3.63) is 106 Å². The van der Waals surface area contributed by atoms with Gasteiger partial charge in [-0.2, -0.15) is 0 Å². The molecule has 1 fully saturated rings. The zero-order valence-electron chi connectivity index (χ0n) is 22.5. The molecule has 0 spiro atoms. The van der Waals surface area contributed by atoms with Crippen LogP contribution in [-0.4, -0.2) is 40.1 Å². The fraction of sp³-hybridized carbons (Fsp3) is 0.194. The van der Waals surface area contributed by atoms with E-state index in [-0.39, 0.29) is 23.1 Å². The number of rotatable bonds is 8. The third-order valence-corrected chi connectivity index (χ3v) is 7.11. The second-order valence-electron chi connectivity index (χ2n) is 9.67. The molecule has 41 heavy (non-hydrogen) atoms. The lowest BCUT2D eigenvalue weighted by Gasteiger charge is -2.28. The number of hydrogen-bond donors (Lipinski definition) is 1. The number of aromatic nitrogens is 3. The molecule has 0 aliphatic carbocycles. The third-order valence-electron chi connectivity index (χ3n) is 7.11. The van der Waals surface area contributed by atoms with Crippen molar-refractivity contribution in [2.75, 3.05) is 19.0 Å². The van der Waals surface area contributed by atoms with E-state index < -0.39 is 17.3 Å². The Kier molecular flexibility index (Phi) is 6.98. The van der Waals surface area contributed by atoms with E-state index in [4.69, 9.17) is 14.2 Å². The molecule has 0 radical (unpaired) electrons. The maximum atomic E-state index is 15.1. The van der Waals surface area contributed by atoms with Gasteiger partial charge in [0.2, 0.25) is 0 Å². The molecule has 9 nitrogen and oxygen atoms in total. The molecule has 0 saturated carbocycles. The van der Waals surface area contributed by atoms with E-state index in [2.05, 4.69) is 10.3 Å². The number of nitrogens with zero attached hydrogens (tertiary/aromatic N) is 3. The molecule has 1 unspecified atom stereocenters. The van der Waals surface area contributed by atoms with Crippen molar-refractivity contribution < 1.29 is 23.4 Å². The fourth-order valence-corrected chi connectivity index (χ4v) is 4.87. The molecule has 1 aliphatic rings. The van der Waals surface area contributed by atoms with Gasteiger partial charge in [0.1, 0.15) is 17.1 Å². The van der Waals surface area contributed by atoms with E-state index in [0.29, 0.717) is 46.9 Å². The highest BCUT2D eigenvalue weighted by Gasteiger charge is 2.27. The van der Waals surface area contributed by atoms with Crippen molar-refractivity contribution >= 4 is 22.5 Å². The lowest BCUT2D eigenvalue weighted by molar-refractivity contribution is -0.0621. The number of hydrogen-bond acceptors (Lipinski definition) is 6. The lowest BCUT2D eigenvalue weighted by Crippen LogP contribution is -2.34. The number of carbonyl (C=O) groups is 1. The summed E-state index contributed by atoms with van der Waals surface area (Å²) in [4.78, 5) is 31.2. The van der Waals surface area contributed by atoms with Gasteiger partial charge in [0.15, 0.2) is 11.6 Å². The Labute approximate surface area is 234 Å². The van der Waals surface area contributed by atoms with Crippen molar-refractivity contribution in [3.63, 3.8) is 0 Å². The summed E-state index contributed by atoms with van der Waals surface area (Å²) in [5.41, 5.74) is 1.46. The average molecular weight is 555 g/mol. The second kappa shape index (κ2) is 10.9. The van der Waals surface area contributed by atoms with Crippen LogP contribution < -0.4 is 20.3 Å². The van der Waals surface area contributed by atoms with Crippen molar-refractivity contribution in [2.24, 2.45) is 0 Å². The molecule has 3 heterocycles. The summed E-state index contributed by atoms with van der Waals surface area (Å²) in [5, 5.41) is 3.36. The first-order valence-electron chi connectivity index (χ1n) is 13.1. The molecule has 10 heteroatoms. The largest absolute Gasteiger partial charge is 0.497 e. The van der Waals surface area contributed by atoms with Gasteiger partial charge in [-0.3, -0.25) is 19.3 Å². The van der Waals surface area contributed by atoms with E-state index in [1.807, 2.05) is 18.2 Å². The van der Waals surface area contributed by atoms with E-state index in [1.165, 1.54) is 16.8 Å². The van der Waals surface area contributed by atoms with Crippen LogP contribution in [0.1, 0.15) is 22.5 Å². The molecule has 1 N–H and O–H groups in total. The summed E-state index contributed by atoms with van der Waals surface area (Å²) in [6.45, 7) is 2.83. The van der Waals surface area contributed by atoms with Gasteiger partial charge in [0.25, 0.3) is 11.5 Å². The van der Waals surface area contributed by atoms with Gasteiger partial charge in [-0.05, 0) is 55.8 Å². The van der Waals surface area contributed by atoms with Crippen molar-refractivity contribution in [2.45, 2.75) is 26.0 Å². The summed E-state index contributed by atoms with van der Waals surface area (Å²) < 4.78 is 35.1. The van der Waals surface area contributed by atoms with Gasteiger partial charge >= 0.3 is 0 Å². The molecule has 5 aromatic rings. The Bertz CT molecular complexity index is 1810. The zero-order chi connectivity index (χ0) is 28.5. The fourth-order valence-electron chi connectivity index (χ4n) is 4.87. The molecule has 1 amide bonds. The molecule has 0 bridgehead atoms. The highest BCUT2D eigenvalue weighted by Crippen LogP contribution is 2.33. The number of para-hydroxylation sites is 1. The predicted octanol–water partition coefficient (Wildman–Crippen LogP) is 5.48. The minimum Gasteiger partial charge on any atom is -0.497 e. The zero-order valence-corrected chi connectivity index (χ0v) is 22.5. The summed E-state index contributed by atoms with van der Waals surface area (Å²) >= 11 is 0. The average Bonchev–Trinajstić information content (AvgIpc) is 3.21. The molecule has 1 atom stereocenters. The monoisotopic (exact) mass is 554 g/mol. The normalized spacial score (nSPS) is 14.5. The Morgan fingerprint density at radius 1 is 1.10 bits per heavy atom. The standard InChI is InChI=1S/C31H27FN4O5/c1-19-29(31(38)36(21-6-4-3-5-7-21)35(19)18-23-13-15-40-23)30(37)34-20-8-11-28(25(32)16-20)41-27-12-14-33-26-17-22(39-2)9-10-24(26)27/h3-12,14,16-17,23H,13,15,18H2,1-2H3,(H,34,37). The van der Waals surface area contributed by atoms with Crippen molar-refractivity contribution in [1.82, 2.24) is 14.3 Å². The van der Waals surface area contributed by atoms with Crippen LogP contribution in [0, 0.1) is 12.7 Å². The summed E-state index contributed by atoms with van der Waals surface area (Å²) in [6.07, 6.45) is 2.41. The maximum Gasteiger partial charge on any atom is 0.284 e. The van der Waals surface area contributed by atoms with Crippen molar-refractivity contribution in [1.29, 1.82) is 0 Å². The number of pyridine rings is 1. The number of nitrogens with one attached hydrogen (secondary N) is 1. The number of ether oxygens (including phenoxy) is 3. The molecular weight excluding hydrogens is 527 g/mol. The second-order valence-corrected chi connectivity index (χ2v) is 9.67. The van der Waals surface area contributed by atoms with Gasteiger partial charge in [-0.1, -0.05) is 18.2 Å². The number of benzene rings is 3. The van der Waals surface area contributed by atoms with Gasteiger partial charge in [0, 0.05) is 36.0 Å². The lowest BCUT2D eigenvalue weighted by atomic mass is 10.2. The highest BCUT2D eigenvalue weighted by molar-refractivity contribution is 6.05. The van der Waals surface area contributed by atoms with E-state index >= 15 is 4.39 Å². The smallest absolute Gasteiger partial charge is 0.284 e. The number of halogens is 1.